The Kier molecular flexibility index (Phi) is 4.92. The van der Waals surface area contributed by atoms with Crippen molar-refractivity contribution in [1.82, 2.24) is 0 Å². The van der Waals surface area contributed by atoms with Crippen LogP contribution in [0.3, 0.4) is 0 Å². The van der Waals surface area contributed by atoms with E-state index in [1.54, 1.807) is 6.92 Å². The zero-order valence-electron chi connectivity index (χ0n) is 8.82. The quantitative estimate of drug-likeness (QED) is 0.739. The lowest BCUT2D eigenvalue weighted by Crippen LogP contribution is -2.36. The van der Waals surface area contributed by atoms with Gasteiger partial charge in [0.25, 0.3) is 0 Å². The SMILES string of the molecule is CCC(CC)C(O)C(C)S(C)(=O)=O. The fourth-order valence-electron chi connectivity index (χ4n) is 1.41. The zero-order chi connectivity index (χ0) is 10.6. The van der Waals surface area contributed by atoms with Crippen LogP contribution in [0.1, 0.15) is 33.6 Å². The van der Waals surface area contributed by atoms with E-state index < -0.39 is 21.2 Å². The molecule has 0 aromatic rings. The summed E-state index contributed by atoms with van der Waals surface area (Å²) in [5, 5.41) is 9.08. The predicted molar refractivity (Wildman–Crippen MR) is 54.4 cm³/mol. The molecule has 0 aromatic carbocycles. The lowest BCUT2D eigenvalue weighted by Gasteiger charge is -2.24. The Morgan fingerprint density at radius 3 is 1.85 bits per heavy atom. The highest BCUT2D eigenvalue weighted by Crippen LogP contribution is 2.19. The van der Waals surface area contributed by atoms with Gasteiger partial charge in [-0.05, 0) is 12.8 Å². The molecule has 2 atom stereocenters. The van der Waals surface area contributed by atoms with Gasteiger partial charge in [0.1, 0.15) is 0 Å². The Morgan fingerprint density at radius 2 is 1.62 bits per heavy atom. The molecule has 0 rings (SSSR count). The molecule has 0 radical (unpaired) electrons. The molecule has 13 heavy (non-hydrogen) atoms. The zero-order valence-corrected chi connectivity index (χ0v) is 9.63. The van der Waals surface area contributed by atoms with Gasteiger partial charge in [-0.1, -0.05) is 26.7 Å². The van der Waals surface area contributed by atoms with E-state index in [-0.39, 0.29) is 5.92 Å². The van der Waals surface area contributed by atoms with Gasteiger partial charge in [0.15, 0.2) is 9.84 Å². The monoisotopic (exact) mass is 208 g/mol. The van der Waals surface area contributed by atoms with Crippen molar-refractivity contribution in [1.29, 1.82) is 0 Å². The smallest absolute Gasteiger partial charge is 0.152 e. The first-order chi connectivity index (χ1) is 5.84. The molecule has 4 heteroatoms. The average Bonchev–Trinajstić information content (AvgIpc) is 2.03. The molecule has 0 spiro atoms. The van der Waals surface area contributed by atoms with Crippen LogP contribution in [-0.4, -0.2) is 31.1 Å². The van der Waals surface area contributed by atoms with Gasteiger partial charge in [0, 0.05) is 6.26 Å². The Hall–Kier alpha value is -0.0900. The fourth-order valence-corrected chi connectivity index (χ4v) is 2.14. The molecule has 0 aromatic heterocycles. The van der Waals surface area contributed by atoms with E-state index in [4.69, 9.17) is 0 Å². The van der Waals surface area contributed by atoms with Crippen LogP contribution in [0.2, 0.25) is 0 Å². The highest BCUT2D eigenvalue weighted by molar-refractivity contribution is 7.91. The minimum Gasteiger partial charge on any atom is -0.392 e. The summed E-state index contributed by atoms with van der Waals surface area (Å²) < 4.78 is 22.3. The number of hydrogen-bond acceptors (Lipinski definition) is 3. The molecule has 0 saturated carbocycles. The molecule has 0 aliphatic heterocycles. The van der Waals surface area contributed by atoms with Gasteiger partial charge in [0.2, 0.25) is 0 Å². The van der Waals surface area contributed by atoms with E-state index in [9.17, 15) is 13.5 Å². The molecule has 3 nitrogen and oxygen atoms in total. The van der Waals surface area contributed by atoms with Gasteiger partial charge < -0.3 is 5.11 Å². The third-order valence-corrected chi connectivity index (χ3v) is 4.32. The predicted octanol–water partition coefficient (Wildman–Crippen LogP) is 1.22. The molecule has 0 fully saturated rings. The van der Waals surface area contributed by atoms with Crippen molar-refractivity contribution in [3.8, 4) is 0 Å². The summed E-state index contributed by atoms with van der Waals surface area (Å²) in [4.78, 5) is 0. The first kappa shape index (κ1) is 12.9. The Labute approximate surface area is 81.1 Å². The Bertz CT molecular complexity index is 229. The standard InChI is InChI=1S/C9H20O3S/c1-5-8(6-2)9(10)7(3)13(4,11)12/h7-10H,5-6H2,1-4H3. The van der Waals surface area contributed by atoms with E-state index >= 15 is 0 Å². The summed E-state index contributed by atoms with van der Waals surface area (Å²) in [5.41, 5.74) is 0. The van der Waals surface area contributed by atoms with E-state index in [0.29, 0.717) is 0 Å². The average molecular weight is 208 g/mol. The molecular formula is C9H20O3S. The van der Waals surface area contributed by atoms with Crippen LogP contribution >= 0.6 is 0 Å². The van der Waals surface area contributed by atoms with Gasteiger partial charge in [-0.15, -0.1) is 0 Å². The van der Waals surface area contributed by atoms with Crippen LogP contribution in [0.5, 0.6) is 0 Å². The van der Waals surface area contributed by atoms with Crippen LogP contribution in [0.15, 0.2) is 0 Å². The highest BCUT2D eigenvalue weighted by atomic mass is 32.2. The number of rotatable bonds is 5. The van der Waals surface area contributed by atoms with Crippen molar-refractivity contribution in [3.05, 3.63) is 0 Å². The maximum atomic E-state index is 11.1. The van der Waals surface area contributed by atoms with Crippen molar-refractivity contribution in [3.63, 3.8) is 0 Å². The maximum absolute atomic E-state index is 11.1. The summed E-state index contributed by atoms with van der Waals surface area (Å²) >= 11 is 0. The molecule has 0 heterocycles. The first-order valence-electron chi connectivity index (χ1n) is 4.71. The van der Waals surface area contributed by atoms with Gasteiger partial charge in [-0.3, -0.25) is 0 Å². The number of sulfone groups is 1. The summed E-state index contributed by atoms with van der Waals surface area (Å²) in [6.45, 7) is 5.50. The van der Waals surface area contributed by atoms with Crippen molar-refractivity contribution < 1.29 is 13.5 Å². The molecule has 0 saturated heterocycles. The largest absolute Gasteiger partial charge is 0.392 e. The number of hydrogen-bond donors (Lipinski definition) is 1. The van der Waals surface area contributed by atoms with Crippen molar-refractivity contribution in [2.45, 2.75) is 45.0 Å². The van der Waals surface area contributed by atoms with Gasteiger partial charge >= 0.3 is 0 Å². The molecule has 1 N–H and O–H groups in total. The van der Waals surface area contributed by atoms with Crippen LogP contribution < -0.4 is 0 Å². The summed E-state index contributed by atoms with van der Waals surface area (Å²) in [6.07, 6.45) is 2.07. The minimum atomic E-state index is -3.12. The Balaban J connectivity index is 4.50. The molecule has 2 unspecified atom stereocenters. The van der Waals surface area contributed by atoms with E-state index in [0.717, 1.165) is 12.8 Å². The van der Waals surface area contributed by atoms with Crippen LogP contribution in [0, 0.1) is 5.92 Å². The van der Waals surface area contributed by atoms with E-state index in [1.807, 2.05) is 13.8 Å². The lowest BCUT2D eigenvalue weighted by molar-refractivity contribution is 0.102. The molecule has 80 valence electrons. The normalized spacial score (nSPS) is 17.4. The topological polar surface area (TPSA) is 54.4 Å². The van der Waals surface area contributed by atoms with Gasteiger partial charge in [-0.25, -0.2) is 8.42 Å². The summed E-state index contributed by atoms with van der Waals surface area (Å²) in [7, 11) is -3.12. The van der Waals surface area contributed by atoms with E-state index in [2.05, 4.69) is 0 Å². The van der Waals surface area contributed by atoms with Gasteiger partial charge in [0.05, 0.1) is 11.4 Å². The van der Waals surface area contributed by atoms with Crippen LogP contribution in [0.25, 0.3) is 0 Å². The van der Waals surface area contributed by atoms with E-state index in [1.165, 1.54) is 6.26 Å². The first-order valence-corrected chi connectivity index (χ1v) is 6.66. The summed E-state index contributed by atoms with van der Waals surface area (Å²) in [6, 6.07) is 0. The second kappa shape index (κ2) is 4.96. The fraction of sp³-hybridized carbons (Fsp3) is 1.00. The number of aliphatic hydroxyl groups excluding tert-OH is 1. The molecule has 0 aliphatic carbocycles. The van der Waals surface area contributed by atoms with Crippen molar-refractivity contribution >= 4 is 9.84 Å². The van der Waals surface area contributed by atoms with Crippen molar-refractivity contribution in [2.75, 3.05) is 6.26 Å². The van der Waals surface area contributed by atoms with Crippen LogP contribution in [0.4, 0.5) is 0 Å². The molecule has 0 bridgehead atoms. The minimum absolute atomic E-state index is 0.0877. The number of aliphatic hydroxyl groups is 1. The second-order valence-electron chi connectivity index (χ2n) is 3.60. The third-order valence-electron chi connectivity index (χ3n) is 2.69. The summed E-state index contributed by atoms with van der Waals surface area (Å²) in [5.74, 6) is 0.0877. The molecule has 0 aliphatic rings. The van der Waals surface area contributed by atoms with Gasteiger partial charge in [-0.2, -0.15) is 0 Å². The second-order valence-corrected chi connectivity index (χ2v) is 6.00. The van der Waals surface area contributed by atoms with Crippen LogP contribution in [-0.2, 0) is 9.84 Å². The maximum Gasteiger partial charge on any atom is 0.152 e. The molecule has 0 amide bonds. The molecular weight excluding hydrogens is 188 g/mol. The lowest BCUT2D eigenvalue weighted by atomic mass is 9.95. The Morgan fingerprint density at radius 1 is 1.23 bits per heavy atom. The highest BCUT2D eigenvalue weighted by Gasteiger charge is 2.28. The van der Waals surface area contributed by atoms with Crippen molar-refractivity contribution in [2.24, 2.45) is 5.92 Å². The third kappa shape index (κ3) is 3.65.